The van der Waals surface area contributed by atoms with Crippen molar-refractivity contribution in [1.29, 1.82) is 0 Å². The molecule has 1 unspecified atom stereocenters. The van der Waals surface area contributed by atoms with Crippen molar-refractivity contribution in [2.24, 2.45) is 0 Å². The molecule has 18 heavy (non-hydrogen) atoms. The first-order valence-corrected chi connectivity index (χ1v) is 6.99. The van der Waals surface area contributed by atoms with Gasteiger partial charge in [-0.15, -0.1) is 0 Å². The van der Waals surface area contributed by atoms with E-state index < -0.39 is 0 Å². The minimum absolute atomic E-state index is 0.160. The van der Waals surface area contributed by atoms with Gasteiger partial charge >= 0.3 is 0 Å². The number of anilines is 1. The molecule has 6 heteroatoms. The Balaban J connectivity index is 2.22. The highest BCUT2D eigenvalue weighted by molar-refractivity contribution is 9.10. The van der Waals surface area contributed by atoms with E-state index in [1.165, 1.54) is 0 Å². The third-order valence-electron chi connectivity index (χ3n) is 2.68. The Morgan fingerprint density at radius 3 is 2.89 bits per heavy atom. The first-order chi connectivity index (χ1) is 8.72. The molecule has 1 aromatic heterocycles. The molecule has 1 saturated heterocycles. The molecule has 0 aliphatic carbocycles. The average Bonchev–Trinajstić information content (AvgIpc) is 2.41. The number of nitrogens with one attached hydrogen (secondary N) is 1. The maximum absolute atomic E-state index is 5.63. The second kappa shape index (κ2) is 6.45. The van der Waals surface area contributed by atoms with Crippen molar-refractivity contribution in [3.8, 4) is 0 Å². The molecule has 0 radical (unpaired) electrons. The molecule has 2 heterocycles. The number of rotatable bonds is 4. The summed E-state index contributed by atoms with van der Waals surface area (Å²) in [4.78, 5) is 8.98. The van der Waals surface area contributed by atoms with E-state index in [1.807, 2.05) is 6.92 Å². The fraction of sp³-hybridized carbons (Fsp3) is 0.667. The van der Waals surface area contributed by atoms with Gasteiger partial charge in [0.15, 0.2) is 5.82 Å². The second-order valence-corrected chi connectivity index (χ2v) is 4.98. The van der Waals surface area contributed by atoms with Gasteiger partial charge in [0.2, 0.25) is 0 Å². The Morgan fingerprint density at radius 1 is 1.39 bits per heavy atom. The Morgan fingerprint density at radius 2 is 2.22 bits per heavy atom. The van der Waals surface area contributed by atoms with Gasteiger partial charge in [0.05, 0.1) is 30.0 Å². The Hall–Kier alpha value is -0.720. The lowest BCUT2D eigenvalue weighted by Gasteiger charge is -2.22. The number of ether oxygens (including phenoxy) is 2. The van der Waals surface area contributed by atoms with Gasteiger partial charge in [-0.05, 0) is 29.3 Å². The summed E-state index contributed by atoms with van der Waals surface area (Å²) in [6, 6.07) is 0. The van der Waals surface area contributed by atoms with E-state index in [9.17, 15) is 0 Å². The zero-order valence-corrected chi connectivity index (χ0v) is 12.3. The highest BCUT2D eigenvalue weighted by Gasteiger charge is 2.21. The Kier molecular flexibility index (Phi) is 4.91. The van der Waals surface area contributed by atoms with Crippen LogP contribution >= 0.6 is 15.9 Å². The van der Waals surface area contributed by atoms with Crippen molar-refractivity contribution in [2.75, 3.05) is 31.7 Å². The van der Waals surface area contributed by atoms with Crippen molar-refractivity contribution < 1.29 is 9.47 Å². The third-order valence-corrected chi connectivity index (χ3v) is 3.63. The number of nitrogens with zero attached hydrogens (tertiary/aromatic N) is 2. The van der Waals surface area contributed by atoms with Gasteiger partial charge < -0.3 is 14.8 Å². The predicted octanol–water partition coefficient (Wildman–Crippen LogP) is 2.46. The number of hydrogen-bond donors (Lipinski definition) is 1. The van der Waals surface area contributed by atoms with Crippen LogP contribution in [0, 0.1) is 6.92 Å². The van der Waals surface area contributed by atoms with Crippen molar-refractivity contribution in [3.05, 3.63) is 16.0 Å². The van der Waals surface area contributed by atoms with Crippen LogP contribution in [-0.2, 0) is 9.47 Å². The highest BCUT2D eigenvalue weighted by Crippen LogP contribution is 2.26. The van der Waals surface area contributed by atoms with Crippen LogP contribution < -0.4 is 5.32 Å². The molecule has 1 aromatic rings. The molecule has 5 nitrogen and oxygen atoms in total. The van der Waals surface area contributed by atoms with Crippen molar-refractivity contribution in [1.82, 2.24) is 9.97 Å². The summed E-state index contributed by atoms with van der Waals surface area (Å²) in [6.45, 7) is 6.72. The summed E-state index contributed by atoms with van der Waals surface area (Å²) in [5.74, 6) is 1.52. The predicted molar refractivity (Wildman–Crippen MR) is 72.8 cm³/mol. The quantitative estimate of drug-likeness (QED) is 0.925. The monoisotopic (exact) mass is 315 g/mol. The van der Waals surface area contributed by atoms with Crippen LogP contribution in [0.15, 0.2) is 4.47 Å². The maximum Gasteiger partial charge on any atom is 0.162 e. The summed E-state index contributed by atoms with van der Waals surface area (Å²) >= 11 is 3.51. The van der Waals surface area contributed by atoms with E-state index in [-0.39, 0.29) is 6.10 Å². The summed E-state index contributed by atoms with van der Waals surface area (Å²) < 4.78 is 11.9. The smallest absolute Gasteiger partial charge is 0.162 e. The van der Waals surface area contributed by atoms with Gasteiger partial charge in [-0.2, -0.15) is 0 Å². The Labute approximate surface area is 115 Å². The van der Waals surface area contributed by atoms with Crippen molar-refractivity contribution in [2.45, 2.75) is 26.4 Å². The molecule has 1 N–H and O–H groups in total. The van der Waals surface area contributed by atoms with E-state index in [0.717, 1.165) is 29.0 Å². The lowest BCUT2D eigenvalue weighted by Crippen LogP contribution is -2.24. The van der Waals surface area contributed by atoms with E-state index in [4.69, 9.17) is 9.47 Å². The number of aryl methyl sites for hydroxylation is 1. The summed E-state index contributed by atoms with van der Waals surface area (Å²) in [5, 5.41) is 3.29. The number of aromatic nitrogens is 2. The Bertz CT molecular complexity index is 409. The van der Waals surface area contributed by atoms with Crippen molar-refractivity contribution in [3.63, 3.8) is 0 Å². The van der Waals surface area contributed by atoms with Crippen LogP contribution in [0.25, 0.3) is 0 Å². The minimum Gasteiger partial charge on any atom is -0.376 e. The summed E-state index contributed by atoms with van der Waals surface area (Å²) in [7, 11) is 0. The molecule has 1 fully saturated rings. The fourth-order valence-corrected chi connectivity index (χ4v) is 2.04. The van der Waals surface area contributed by atoms with Crippen LogP contribution in [0.4, 0.5) is 5.82 Å². The van der Waals surface area contributed by atoms with E-state index in [2.05, 4.69) is 38.1 Å². The molecule has 0 aromatic carbocycles. The molecule has 0 saturated carbocycles. The molecule has 100 valence electrons. The van der Waals surface area contributed by atoms with E-state index in [0.29, 0.717) is 25.6 Å². The van der Waals surface area contributed by atoms with Crippen LogP contribution in [0.3, 0.4) is 0 Å². The molecule has 0 bridgehead atoms. The first kappa shape index (κ1) is 13.7. The first-order valence-electron chi connectivity index (χ1n) is 6.19. The van der Waals surface area contributed by atoms with E-state index in [1.54, 1.807) is 0 Å². The maximum atomic E-state index is 5.63. The van der Waals surface area contributed by atoms with Crippen LogP contribution in [0.5, 0.6) is 0 Å². The van der Waals surface area contributed by atoms with Gasteiger partial charge in [-0.1, -0.05) is 6.92 Å². The molecule has 1 aliphatic heterocycles. The molecular formula is C12H18BrN3O2. The molecule has 1 atom stereocenters. The molecule has 1 aliphatic rings. The average molecular weight is 316 g/mol. The summed E-state index contributed by atoms with van der Waals surface area (Å²) in [5.41, 5.74) is 0.910. The minimum atomic E-state index is -0.160. The van der Waals surface area contributed by atoms with Gasteiger partial charge in [0.1, 0.15) is 11.9 Å². The van der Waals surface area contributed by atoms with Gasteiger partial charge in [0, 0.05) is 6.54 Å². The van der Waals surface area contributed by atoms with Crippen LogP contribution in [0.1, 0.15) is 31.0 Å². The SMILES string of the molecule is CCCNc1nc(C2COCCO2)nc(C)c1Br. The number of hydrogen-bond acceptors (Lipinski definition) is 5. The second-order valence-electron chi connectivity index (χ2n) is 4.19. The molecule has 2 rings (SSSR count). The third kappa shape index (κ3) is 3.18. The molecular weight excluding hydrogens is 298 g/mol. The van der Waals surface area contributed by atoms with Crippen LogP contribution in [0.2, 0.25) is 0 Å². The number of halogens is 1. The zero-order chi connectivity index (χ0) is 13.0. The van der Waals surface area contributed by atoms with Gasteiger partial charge in [-0.25, -0.2) is 9.97 Å². The molecule has 0 spiro atoms. The fourth-order valence-electron chi connectivity index (χ4n) is 1.72. The van der Waals surface area contributed by atoms with Crippen LogP contribution in [-0.4, -0.2) is 36.3 Å². The normalized spacial score (nSPS) is 19.8. The lowest BCUT2D eigenvalue weighted by atomic mass is 10.3. The lowest BCUT2D eigenvalue weighted by molar-refractivity contribution is -0.0935. The molecule has 0 amide bonds. The summed E-state index contributed by atoms with van der Waals surface area (Å²) in [6.07, 6.45) is 0.890. The zero-order valence-electron chi connectivity index (χ0n) is 10.7. The van der Waals surface area contributed by atoms with Crippen molar-refractivity contribution >= 4 is 21.7 Å². The highest BCUT2D eigenvalue weighted by atomic mass is 79.9. The van der Waals surface area contributed by atoms with Gasteiger partial charge in [-0.3, -0.25) is 0 Å². The topological polar surface area (TPSA) is 56.3 Å². The standard InChI is InChI=1S/C12H18BrN3O2/c1-3-4-14-12-10(13)8(2)15-11(16-12)9-7-17-5-6-18-9/h9H,3-7H2,1-2H3,(H,14,15,16). The van der Waals surface area contributed by atoms with E-state index >= 15 is 0 Å². The van der Waals surface area contributed by atoms with Gasteiger partial charge in [0.25, 0.3) is 0 Å². The largest absolute Gasteiger partial charge is 0.376 e.